The first kappa shape index (κ1) is 30.6. The molecule has 0 radical (unpaired) electrons. The number of ether oxygens (including phenoxy) is 2. The van der Waals surface area contributed by atoms with E-state index in [1.54, 1.807) is 42.3 Å². The van der Waals surface area contributed by atoms with Crippen LogP contribution < -0.4 is 19.9 Å². The molecule has 2 N–H and O–H groups in total. The number of aromatic nitrogens is 2. The molecule has 1 unspecified atom stereocenters. The lowest BCUT2D eigenvalue weighted by Crippen LogP contribution is -2.46. The van der Waals surface area contributed by atoms with Crippen molar-refractivity contribution in [1.29, 1.82) is 0 Å². The second-order valence-corrected chi connectivity index (χ2v) is 10.1. The number of anilines is 3. The van der Waals surface area contributed by atoms with E-state index >= 15 is 0 Å². The third-order valence-electron chi connectivity index (χ3n) is 6.74. The number of nitrogens with one attached hydrogen (secondary N) is 1. The highest BCUT2D eigenvalue weighted by Crippen LogP contribution is 2.31. The number of hydrogen-bond acceptors (Lipinski definition) is 9. The highest BCUT2D eigenvalue weighted by atomic mass is 16.6. The molecular weight excluding hydrogens is 516 g/mol. The number of carbonyl (C=O) groups excluding carboxylic acids is 2. The molecule has 0 saturated carbocycles. The molecular formula is C28H40N6O6. The van der Waals surface area contributed by atoms with Gasteiger partial charge in [0.25, 0.3) is 0 Å². The summed E-state index contributed by atoms with van der Waals surface area (Å²) in [5, 5.41) is 13.4. The van der Waals surface area contributed by atoms with Gasteiger partial charge in [-0.25, -0.2) is 14.6 Å². The van der Waals surface area contributed by atoms with Crippen LogP contribution >= 0.6 is 0 Å². The zero-order valence-corrected chi connectivity index (χ0v) is 24.1. The molecule has 218 valence electrons. The predicted molar refractivity (Wildman–Crippen MR) is 152 cm³/mol. The molecule has 2 heterocycles. The Kier molecular flexibility index (Phi) is 10.3. The van der Waals surface area contributed by atoms with Gasteiger partial charge < -0.3 is 34.6 Å². The fourth-order valence-corrected chi connectivity index (χ4v) is 4.53. The molecule has 3 rings (SSSR count). The fourth-order valence-electron chi connectivity index (χ4n) is 4.53. The summed E-state index contributed by atoms with van der Waals surface area (Å²) >= 11 is 0. The van der Waals surface area contributed by atoms with Crippen LogP contribution in [0.15, 0.2) is 30.5 Å². The lowest BCUT2D eigenvalue weighted by atomic mass is 9.92. The van der Waals surface area contributed by atoms with Gasteiger partial charge in [-0.2, -0.15) is 4.98 Å². The SMILES string of the molecule is CCN(CC)c1ncc(N(C(C)=O)C(C)C)c(NC(C)(Cc2ccc(OC(=O)N3CCOCC3)cc2)C(=O)O)n1. The van der Waals surface area contributed by atoms with Crippen LogP contribution in [0.2, 0.25) is 0 Å². The number of carboxylic acids is 1. The van der Waals surface area contributed by atoms with Crippen molar-refractivity contribution in [2.24, 2.45) is 0 Å². The number of hydrogen-bond donors (Lipinski definition) is 2. The number of rotatable bonds is 11. The summed E-state index contributed by atoms with van der Waals surface area (Å²) in [7, 11) is 0. The van der Waals surface area contributed by atoms with Gasteiger partial charge in [-0.15, -0.1) is 0 Å². The van der Waals surface area contributed by atoms with Crippen molar-refractivity contribution in [3.63, 3.8) is 0 Å². The van der Waals surface area contributed by atoms with Crippen LogP contribution in [-0.4, -0.2) is 88.9 Å². The topological polar surface area (TPSA) is 137 Å². The van der Waals surface area contributed by atoms with E-state index in [1.807, 2.05) is 32.6 Å². The van der Waals surface area contributed by atoms with Crippen molar-refractivity contribution < 1.29 is 29.0 Å². The normalized spacial score (nSPS) is 14.8. The van der Waals surface area contributed by atoms with Crippen LogP contribution in [0.25, 0.3) is 0 Å². The summed E-state index contributed by atoms with van der Waals surface area (Å²) in [6.45, 7) is 13.9. The van der Waals surface area contributed by atoms with Gasteiger partial charge in [0.1, 0.15) is 17.0 Å². The summed E-state index contributed by atoms with van der Waals surface area (Å²) in [5.41, 5.74) is -0.388. The first-order valence-corrected chi connectivity index (χ1v) is 13.6. The van der Waals surface area contributed by atoms with Gasteiger partial charge >= 0.3 is 12.1 Å². The molecule has 1 aromatic carbocycles. The van der Waals surface area contributed by atoms with Gasteiger partial charge in [0.05, 0.1) is 19.4 Å². The van der Waals surface area contributed by atoms with E-state index in [4.69, 9.17) is 9.47 Å². The molecule has 2 amide bonds. The minimum atomic E-state index is -1.49. The summed E-state index contributed by atoms with van der Waals surface area (Å²) in [4.78, 5) is 51.8. The summed E-state index contributed by atoms with van der Waals surface area (Å²) in [6.07, 6.45) is 1.20. The third kappa shape index (κ3) is 7.38. The fraction of sp³-hybridized carbons (Fsp3) is 0.536. The van der Waals surface area contributed by atoms with Crippen LogP contribution in [0.5, 0.6) is 5.75 Å². The van der Waals surface area contributed by atoms with Crippen LogP contribution in [0.1, 0.15) is 47.1 Å². The van der Waals surface area contributed by atoms with Gasteiger partial charge in [-0.05, 0) is 52.3 Å². The van der Waals surface area contributed by atoms with E-state index in [1.165, 1.54) is 11.8 Å². The van der Waals surface area contributed by atoms with E-state index in [-0.39, 0.29) is 24.2 Å². The summed E-state index contributed by atoms with van der Waals surface area (Å²) in [6, 6.07) is 6.53. The number of nitrogens with zero attached hydrogens (tertiary/aromatic N) is 5. The molecule has 1 saturated heterocycles. The number of morpholine rings is 1. The Balaban J connectivity index is 1.88. The van der Waals surface area contributed by atoms with Crippen LogP contribution in [-0.2, 0) is 20.7 Å². The molecule has 1 aromatic heterocycles. The second kappa shape index (κ2) is 13.4. The lowest BCUT2D eigenvalue weighted by Gasteiger charge is -2.32. The molecule has 40 heavy (non-hydrogen) atoms. The molecule has 0 spiro atoms. The van der Waals surface area contributed by atoms with Crippen LogP contribution in [0.4, 0.5) is 22.2 Å². The zero-order valence-electron chi connectivity index (χ0n) is 24.1. The third-order valence-corrected chi connectivity index (χ3v) is 6.74. The van der Waals surface area contributed by atoms with Crippen molar-refractivity contribution >= 4 is 35.4 Å². The van der Waals surface area contributed by atoms with Crippen molar-refractivity contribution in [1.82, 2.24) is 14.9 Å². The maximum Gasteiger partial charge on any atom is 0.415 e. The average Bonchev–Trinajstić information content (AvgIpc) is 2.91. The Morgan fingerprint density at radius 3 is 2.30 bits per heavy atom. The molecule has 12 heteroatoms. The Morgan fingerprint density at radius 2 is 1.77 bits per heavy atom. The minimum Gasteiger partial charge on any atom is -0.480 e. The first-order valence-electron chi connectivity index (χ1n) is 13.6. The van der Waals surface area contributed by atoms with Crippen molar-refractivity contribution in [3.05, 3.63) is 36.0 Å². The first-order chi connectivity index (χ1) is 19.0. The molecule has 1 atom stereocenters. The van der Waals surface area contributed by atoms with Gasteiger partial charge in [0.2, 0.25) is 11.9 Å². The van der Waals surface area contributed by atoms with Gasteiger partial charge in [-0.3, -0.25) is 4.79 Å². The van der Waals surface area contributed by atoms with Crippen molar-refractivity contribution in [2.75, 3.05) is 54.5 Å². The standard InChI is InChI=1S/C28H40N6O6/c1-7-32(8-2)26-29-18-23(34(19(3)4)20(5)35)24(30-26)31-28(6,25(36)37)17-21-9-11-22(12-10-21)40-27(38)33-13-15-39-16-14-33/h9-12,18-19H,7-8,13-17H2,1-6H3,(H,36,37)(H,29,30,31). The number of benzene rings is 1. The zero-order chi connectivity index (χ0) is 29.4. The maximum absolute atomic E-state index is 12.6. The van der Waals surface area contributed by atoms with Gasteiger partial charge in [0.15, 0.2) is 5.82 Å². The highest BCUT2D eigenvalue weighted by molar-refractivity contribution is 5.95. The van der Waals surface area contributed by atoms with E-state index in [2.05, 4.69) is 15.3 Å². The molecule has 12 nitrogen and oxygen atoms in total. The molecule has 2 aromatic rings. The molecule has 0 aliphatic carbocycles. The summed E-state index contributed by atoms with van der Waals surface area (Å²) in [5.74, 6) is -0.259. The van der Waals surface area contributed by atoms with E-state index < -0.39 is 17.6 Å². The van der Waals surface area contributed by atoms with E-state index in [0.717, 1.165) is 0 Å². The molecule has 0 bridgehead atoms. The Bertz CT molecular complexity index is 1180. The smallest absolute Gasteiger partial charge is 0.415 e. The second-order valence-electron chi connectivity index (χ2n) is 10.1. The van der Waals surface area contributed by atoms with Gasteiger partial charge in [-0.1, -0.05) is 12.1 Å². The van der Waals surface area contributed by atoms with Crippen LogP contribution in [0, 0.1) is 0 Å². The quantitative estimate of drug-likeness (QED) is 0.423. The number of carbonyl (C=O) groups is 3. The van der Waals surface area contributed by atoms with Crippen molar-refractivity contribution in [3.8, 4) is 5.75 Å². The highest BCUT2D eigenvalue weighted by Gasteiger charge is 2.36. The monoisotopic (exact) mass is 556 g/mol. The largest absolute Gasteiger partial charge is 0.480 e. The van der Waals surface area contributed by atoms with E-state index in [0.29, 0.717) is 62.3 Å². The predicted octanol–water partition coefficient (Wildman–Crippen LogP) is 3.41. The Labute approximate surface area is 235 Å². The molecule has 1 aliphatic heterocycles. The maximum atomic E-state index is 12.6. The average molecular weight is 557 g/mol. The Morgan fingerprint density at radius 1 is 1.15 bits per heavy atom. The van der Waals surface area contributed by atoms with Crippen molar-refractivity contribution in [2.45, 2.75) is 59.5 Å². The number of amides is 2. The number of carboxylic acid groups (broad SMARTS) is 1. The molecule has 1 fully saturated rings. The van der Waals surface area contributed by atoms with Gasteiger partial charge in [0, 0.05) is 45.6 Å². The summed E-state index contributed by atoms with van der Waals surface area (Å²) < 4.78 is 10.7. The van der Waals surface area contributed by atoms with Crippen LogP contribution in [0.3, 0.4) is 0 Å². The number of aliphatic carboxylic acids is 1. The lowest BCUT2D eigenvalue weighted by molar-refractivity contribution is -0.141. The van der Waals surface area contributed by atoms with E-state index in [9.17, 15) is 19.5 Å². The minimum absolute atomic E-state index is 0.0891. The molecule has 1 aliphatic rings. The Hall–Kier alpha value is -3.93.